The Balaban J connectivity index is 1.40. The first-order chi connectivity index (χ1) is 13.9. The van der Waals surface area contributed by atoms with E-state index in [1.54, 1.807) is 46.2 Å². The zero-order valence-corrected chi connectivity index (χ0v) is 15.8. The Hall–Kier alpha value is -3.26. The maximum absolute atomic E-state index is 12.8. The molecule has 2 aliphatic rings. The van der Waals surface area contributed by atoms with Gasteiger partial charge in [0.05, 0.1) is 4.92 Å². The highest BCUT2D eigenvalue weighted by molar-refractivity contribution is 5.95. The van der Waals surface area contributed by atoms with Crippen molar-refractivity contribution < 1.29 is 19.6 Å². The number of nitro benzene ring substituents is 1. The molecule has 8 nitrogen and oxygen atoms in total. The molecule has 0 atom stereocenters. The minimum absolute atomic E-state index is 0.0194. The predicted octanol–water partition coefficient (Wildman–Crippen LogP) is 2.07. The first-order valence-corrected chi connectivity index (χ1v) is 9.53. The van der Waals surface area contributed by atoms with Crippen LogP contribution in [0.15, 0.2) is 48.5 Å². The molecular weight excluding hydrogens is 374 g/mol. The number of rotatable bonds is 4. The van der Waals surface area contributed by atoms with E-state index in [1.165, 1.54) is 12.1 Å². The lowest BCUT2D eigenvalue weighted by Crippen LogP contribution is -2.53. The fraction of sp³-hybridized carbons (Fsp3) is 0.333. The number of nitro groups is 1. The third-order valence-electron chi connectivity index (χ3n) is 5.50. The molecule has 1 N–H and O–H groups in total. The van der Waals surface area contributed by atoms with Crippen molar-refractivity contribution in [2.24, 2.45) is 0 Å². The lowest BCUT2D eigenvalue weighted by molar-refractivity contribution is -0.384. The first kappa shape index (κ1) is 19.1. The fourth-order valence-electron chi connectivity index (χ4n) is 3.53. The third kappa shape index (κ3) is 3.84. The Morgan fingerprint density at radius 1 is 0.931 bits per heavy atom. The van der Waals surface area contributed by atoms with E-state index in [-0.39, 0.29) is 17.5 Å². The number of non-ortho nitro benzene ring substituents is 1. The van der Waals surface area contributed by atoms with Crippen LogP contribution in [0, 0.1) is 10.1 Å². The van der Waals surface area contributed by atoms with E-state index in [0.717, 1.165) is 5.56 Å². The Morgan fingerprint density at radius 2 is 1.55 bits per heavy atom. The van der Waals surface area contributed by atoms with Crippen molar-refractivity contribution in [3.63, 3.8) is 0 Å². The highest BCUT2D eigenvalue weighted by Gasteiger charge is 2.50. The largest absolute Gasteiger partial charge is 0.380 e. The van der Waals surface area contributed by atoms with Gasteiger partial charge in [0.15, 0.2) is 0 Å². The topological polar surface area (TPSA) is 104 Å². The summed E-state index contributed by atoms with van der Waals surface area (Å²) >= 11 is 0. The van der Waals surface area contributed by atoms with Gasteiger partial charge in [0, 0.05) is 43.9 Å². The number of carbonyl (C=O) groups excluding carboxylic acids is 2. The van der Waals surface area contributed by atoms with E-state index in [9.17, 15) is 24.8 Å². The van der Waals surface area contributed by atoms with Crippen molar-refractivity contribution in [2.75, 3.05) is 26.2 Å². The van der Waals surface area contributed by atoms with Crippen LogP contribution < -0.4 is 0 Å². The molecule has 2 aromatic rings. The van der Waals surface area contributed by atoms with Crippen LogP contribution in [-0.4, -0.2) is 63.4 Å². The van der Waals surface area contributed by atoms with E-state index in [1.807, 2.05) is 0 Å². The number of benzene rings is 2. The minimum atomic E-state index is -1.17. The van der Waals surface area contributed by atoms with Gasteiger partial charge in [0.25, 0.3) is 17.5 Å². The van der Waals surface area contributed by atoms with Crippen LogP contribution in [0.5, 0.6) is 0 Å². The molecule has 0 radical (unpaired) electrons. The van der Waals surface area contributed by atoms with E-state index in [2.05, 4.69) is 0 Å². The highest BCUT2D eigenvalue weighted by atomic mass is 16.6. The van der Waals surface area contributed by atoms with Gasteiger partial charge in [-0.2, -0.15) is 0 Å². The summed E-state index contributed by atoms with van der Waals surface area (Å²) in [7, 11) is 0. The number of nitrogens with zero attached hydrogens (tertiary/aromatic N) is 3. The number of carbonyl (C=O) groups is 2. The summed E-state index contributed by atoms with van der Waals surface area (Å²) in [4.78, 5) is 38.8. The van der Waals surface area contributed by atoms with E-state index in [4.69, 9.17) is 0 Å². The van der Waals surface area contributed by atoms with E-state index in [0.29, 0.717) is 50.1 Å². The zero-order chi connectivity index (χ0) is 20.6. The van der Waals surface area contributed by atoms with Crippen molar-refractivity contribution in [2.45, 2.75) is 18.4 Å². The number of hydrogen-bond donors (Lipinski definition) is 1. The fourth-order valence-corrected chi connectivity index (χ4v) is 3.53. The first-order valence-electron chi connectivity index (χ1n) is 9.53. The molecule has 0 bridgehead atoms. The van der Waals surface area contributed by atoms with Crippen molar-refractivity contribution in [1.29, 1.82) is 0 Å². The molecule has 150 valence electrons. The van der Waals surface area contributed by atoms with Crippen molar-refractivity contribution in [1.82, 2.24) is 9.80 Å². The van der Waals surface area contributed by atoms with Crippen LogP contribution in [0.3, 0.4) is 0 Å². The summed E-state index contributed by atoms with van der Waals surface area (Å²) in [5, 5.41) is 20.9. The van der Waals surface area contributed by atoms with Gasteiger partial charge < -0.3 is 14.9 Å². The molecule has 0 aromatic heterocycles. The van der Waals surface area contributed by atoms with Crippen molar-refractivity contribution in [3.8, 4) is 11.1 Å². The number of aliphatic hydroxyl groups is 1. The van der Waals surface area contributed by atoms with Crippen LogP contribution in [0.1, 0.15) is 23.2 Å². The van der Waals surface area contributed by atoms with Gasteiger partial charge in [0.1, 0.15) is 5.60 Å². The molecule has 1 saturated heterocycles. The van der Waals surface area contributed by atoms with Gasteiger partial charge in [-0.1, -0.05) is 24.3 Å². The molecule has 0 spiro atoms. The van der Waals surface area contributed by atoms with Gasteiger partial charge in [0.2, 0.25) is 0 Å². The van der Waals surface area contributed by atoms with Gasteiger partial charge in [-0.3, -0.25) is 19.7 Å². The zero-order valence-electron chi connectivity index (χ0n) is 15.8. The average Bonchev–Trinajstić information content (AvgIpc) is 3.51. The molecule has 29 heavy (non-hydrogen) atoms. The second-order valence-corrected chi connectivity index (χ2v) is 7.50. The molecule has 2 fully saturated rings. The summed E-state index contributed by atoms with van der Waals surface area (Å²) in [5.74, 6) is -0.348. The average molecular weight is 395 g/mol. The molecule has 1 aliphatic heterocycles. The quantitative estimate of drug-likeness (QED) is 0.630. The number of hydrogen-bond acceptors (Lipinski definition) is 5. The SMILES string of the molecule is O=C(c1ccc(-c2cccc([N+](=O)[O-])c2)cc1)N1CCN(C(=O)C2(O)CC2)CC1. The predicted molar refractivity (Wildman–Crippen MR) is 105 cm³/mol. The number of amides is 2. The lowest BCUT2D eigenvalue weighted by atomic mass is 10.0. The molecule has 1 aliphatic carbocycles. The monoisotopic (exact) mass is 395 g/mol. The second-order valence-electron chi connectivity index (χ2n) is 7.50. The molecule has 0 unspecified atom stereocenters. The normalized spacial score (nSPS) is 17.7. The highest BCUT2D eigenvalue weighted by Crippen LogP contribution is 2.37. The maximum atomic E-state index is 12.8. The van der Waals surface area contributed by atoms with Gasteiger partial charge in [-0.15, -0.1) is 0 Å². The standard InChI is InChI=1S/C21H21N3O5/c25-19(22-10-12-23(13-11-22)20(26)21(27)8-9-21)16-6-4-15(5-7-16)17-2-1-3-18(14-17)24(28)29/h1-7,14,27H,8-13H2. The summed E-state index contributed by atoms with van der Waals surface area (Å²) in [6.45, 7) is 1.68. The summed E-state index contributed by atoms with van der Waals surface area (Å²) in [5.41, 5.74) is 0.876. The Kier molecular flexibility index (Phi) is 4.79. The van der Waals surface area contributed by atoms with Crippen LogP contribution in [-0.2, 0) is 4.79 Å². The molecule has 4 rings (SSSR count). The van der Waals surface area contributed by atoms with Crippen LogP contribution in [0.4, 0.5) is 5.69 Å². The smallest absolute Gasteiger partial charge is 0.270 e. The minimum Gasteiger partial charge on any atom is -0.380 e. The van der Waals surface area contributed by atoms with Crippen molar-refractivity contribution >= 4 is 17.5 Å². The van der Waals surface area contributed by atoms with E-state index >= 15 is 0 Å². The molecular formula is C21H21N3O5. The molecule has 8 heteroatoms. The van der Waals surface area contributed by atoms with Crippen LogP contribution in [0.2, 0.25) is 0 Å². The Morgan fingerprint density at radius 3 is 2.14 bits per heavy atom. The summed E-state index contributed by atoms with van der Waals surface area (Å²) < 4.78 is 0. The van der Waals surface area contributed by atoms with Crippen LogP contribution in [0.25, 0.3) is 11.1 Å². The molecule has 2 aromatic carbocycles. The van der Waals surface area contributed by atoms with E-state index < -0.39 is 10.5 Å². The molecule has 1 saturated carbocycles. The summed E-state index contributed by atoms with van der Waals surface area (Å²) in [6.07, 6.45) is 1.03. The van der Waals surface area contributed by atoms with Crippen molar-refractivity contribution in [3.05, 3.63) is 64.2 Å². The Labute approximate surface area is 167 Å². The van der Waals surface area contributed by atoms with Gasteiger partial charge in [-0.05, 0) is 36.1 Å². The Bertz CT molecular complexity index is 961. The third-order valence-corrected chi connectivity index (χ3v) is 5.50. The second kappa shape index (κ2) is 7.29. The maximum Gasteiger partial charge on any atom is 0.270 e. The summed E-state index contributed by atoms with van der Waals surface area (Å²) in [6, 6.07) is 13.3. The van der Waals surface area contributed by atoms with Crippen LogP contribution >= 0.6 is 0 Å². The van der Waals surface area contributed by atoms with Gasteiger partial charge in [-0.25, -0.2) is 0 Å². The molecule has 1 heterocycles. The van der Waals surface area contributed by atoms with Gasteiger partial charge >= 0.3 is 0 Å². The lowest BCUT2D eigenvalue weighted by Gasteiger charge is -2.35. The molecule has 2 amide bonds. The number of piperazine rings is 1.